The number of unbranched alkanes of at least 4 members (excludes halogenated alkanes) is 1. The molecular weight excluding hydrogens is 152 g/mol. The van der Waals surface area contributed by atoms with Gasteiger partial charge in [0.05, 0.1) is 0 Å². The second-order valence-corrected chi connectivity index (χ2v) is 2.37. The first-order valence-electron chi connectivity index (χ1n) is 3.16. The predicted octanol–water partition coefficient (Wildman–Crippen LogP) is 1.47. The SMILES string of the molecule is CC(=CCCCO)C(=O)Cl. The molecule has 0 aliphatic rings. The number of hydrogen-bond acceptors (Lipinski definition) is 2. The van der Waals surface area contributed by atoms with Gasteiger partial charge in [0.25, 0.3) is 0 Å². The summed E-state index contributed by atoms with van der Waals surface area (Å²) < 4.78 is 0. The standard InChI is InChI=1S/C7H11ClO2/c1-6(7(8)10)4-2-3-5-9/h4,9H,2-3,5H2,1H3. The van der Waals surface area contributed by atoms with Crippen LogP contribution < -0.4 is 0 Å². The van der Waals surface area contributed by atoms with Crippen molar-refractivity contribution in [2.45, 2.75) is 19.8 Å². The molecule has 0 heterocycles. The van der Waals surface area contributed by atoms with Gasteiger partial charge in [0.15, 0.2) is 0 Å². The zero-order chi connectivity index (χ0) is 7.98. The maximum Gasteiger partial charge on any atom is 0.247 e. The van der Waals surface area contributed by atoms with Gasteiger partial charge in [0.2, 0.25) is 5.24 Å². The zero-order valence-electron chi connectivity index (χ0n) is 5.93. The molecule has 0 aromatic rings. The molecule has 0 aliphatic heterocycles. The molecule has 1 N–H and O–H groups in total. The maximum atomic E-state index is 10.4. The third-order valence-electron chi connectivity index (χ3n) is 1.12. The van der Waals surface area contributed by atoms with Crippen LogP contribution >= 0.6 is 11.6 Å². The number of carbonyl (C=O) groups excluding carboxylic acids is 1. The summed E-state index contributed by atoms with van der Waals surface area (Å²) in [5.74, 6) is 0. The molecule has 2 nitrogen and oxygen atoms in total. The largest absolute Gasteiger partial charge is 0.396 e. The van der Waals surface area contributed by atoms with Crippen molar-refractivity contribution in [3.05, 3.63) is 11.6 Å². The van der Waals surface area contributed by atoms with Crippen molar-refractivity contribution in [2.75, 3.05) is 6.61 Å². The summed E-state index contributed by atoms with van der Waals surface area (Å²) in [7, 11) is 0. The summed E-state index contributed by atoms with van der Waals surface area (Å²) in [4.78, 5) is 10.4. The Bertz CT molecular complexity index is 141. The molecule has 0 aromatic heterocycles. The van der Waals surface area contributed by atoms with Gasteiger partial charge >= 0.3 is 0 Å². The number of rotatable bonds is 4. The lowest BCUT2D eigenvalue weighted by atomic mass is 10.2. The number of aliphatic hydroxyl groups excluding tert-OH is 1. The number of aliphatic hydroxyl groups is 1. The lowest BCUT2D eigenvalue weighted by molar-refractivity contribution is -0.108. The van der Waals surface area contributed by atoms with E-state index in [-0.39, 0.29) is 6.61 Å². The average Bonchev–Trinajstić information content (AvgIpc) is 1.88. The van der Waals surface area contributed by atoms with Gasteiger partial charge in [-0.25, -0.2) is 0 Å². The van der Waals surface area contributed by atoms with Crippen molar-refractivity contribution in [3.8, 4) is 0 Å². The third kappa shape index (κ3) is 4.53. The first kappa shape index (κ1) is 9.66. The Balaban J connectivity index is 3.58. The van der Waals surface area contributed by atoms with Crippen LogP contribution in [0.25, 0.3) is 0 Å². The lowest BCUT2D eigenvalue weighted by Gasteiger charge is -1.91. The topological polar surface area (TPSA) is 37.3 Å². The highest BCUT2D eigenvalue weighted by atomic mass is 35.5. The van der Waals surface area contributed by atoms with Crippen LogP contribution in [0.5, 0.6) is 0 Å². The molecule has 10 heavy (non-hydrogen) atoms. The van der Waals surface area contributed by atoms with Crippen molar-refractivity contribution in [3.63, 3.8) is 0 Å². The van der Waals surface area contributed by atoms with Crippen molar-refractivity contribution in [1.29, 1.82) is 0 Å². The Kier molecular flexibility index (Phi) is 5.26. The molecule has 58 valence electrons. The first-order valence-corrected chi connectivity index (χ1v) is 3.53. The highest BCUT2D eigenvalue weighted by Gasteiger charge is 1.95. The lowest BCUT2D eigenvalue weighted by Crippen LogP contribution is -1.88. The van der Waals surface area contributed by atoms with E-state index in [1.54, 1.807) is 13.0 Å². The van der Waals surface area contributed by atoms with Crippen molar-refractivity contribution in [2.24, 2.45) is 0 Å². The smallest absolute Gasteiger partial charge is 0.247 e. The van der Waals surface area contributed by atoms with Crippen LogP contribution in [0.3, 0.4) is 0 Å². The molecule has 3 heteroatoms. The van der Waals surface area contributed by atoms with Gasteiger partial charge < -0.3 is 5.11 Å². The summed E-state index contributed by atoms with van der Waals surface area (Å²) in [5.41, 5.74) is 0.551. The molecule has 0 spiro atoms. The van der Waals surface area contributed by atoms with Crippen molar-refractivity contribution in [1.82, 2.24) is 0 Å². The molecule has 0 unspecified atom stereocenters. The molecule has 0 aliphatic carbocycles. The minimum absolute atomic E-state index is 0.153. The summed E-state index contributed by atoms with van der Waals surface area (Å²) in [6.45, 7) is 1.81. The van der Waals surface area contributed by atoms with E-state index in [1.807, 2.05) is 0 Å². The second kappa shape index (κ2) is 5.45. The van der Waals surface area contributed by atoms with Crippen molar-refractivity contribution >= 4 is 16.8 Å². The fraction of sp³-hybridized carbons (Fsp3) is 0.571. The molecule has 0 amide bonds. The van der Waals surface area contributed by atoms with Crippen LogP contribution in [0, 0.1) is 0 Å². The fourth-order valence-electron chi connectivity index (χ4n) is 0.490. The van der Waals surface area contributed by atoms with E-state index in [2.05, 4.69) is 0 Å². The predicted molar refractivity (Wildman–Crippen MR) is 40.9 cm³/mol. The monoisotopic (exact) mass is 162 g/mol. The van der Waals surface area contributed by atoms with E-state index in [1.165, 1.54) is 0 Å². The molecule has 0 bridgehead atoms. The average molecular weight is 163 g/mol. The maximum absolute atomic E-state index is 10.4. The van der Waals surface area contributed by atoms with E-state index < -0.39 is 5.24 Å². The van der Waals surface area contributed by atoms with Crippen LogP contribution in [-0.4, -0.2) is 17.0 Å². The Morgan fingerprint density at radius 3 is 2.70 bits per heavy atom. The molecule has 0 atom stereocenters. The summed E-state index contributed by atoms with van der Waals surface area (Å²) in [6, 6.07) is 0. The molecule has 0 radical (unpaired) electrons. The number of allylic oxidation sites excluding steroid dienone is 2. The molecule has 0 aromatic carbocycles. The summed E-state index contributed by atoms with van der Waals surface area (Å²) in [5, 5.41) is 7.95. The Labute approximate surface area is 65.5 Å². The van der Waals surface area contributed by atoms with Crippen molar-refractivity contribution < 1.29 is 9.90 Å². The van der Waals surface area contributed by atoms with E-state index in [0.717, 1.165) is 0 Å². The fourth-order valence-corrected chi connectivity index (χ4v) is 0.567. The van der Waals surface area contributed by atoms with Gasteiger partial charge in [0.1, 0.15) is 0 Å². The summed E-state index contributed by atoms with van der Waals surface area (Å²) in [6.07, 6.45) is 3.12. The van der Waals surface area contributed by atoms with E-state index in [9.17, 15) is 4.79 Å². The van der Waals surface area contributed by atoms with Gasteiger partial charge in [-0.3, -0.25) is 4.79 Å². The quantitative estimate of drug-likeness (QED) is 0.386. The van der Waals surface area contributed by atoms with Crippen LogP contribution in [0.1, 0.15) is 19.8 Å². The molecule has 0 saturated carbocycles. The molecule has 0 fully saturated rings. The van der Waals surface area contributed by atoms with E-state index in [4.69, 9.17) is 16.7 Å². The van der Waals surface area contributed by atoms with Gasteiger partial charge in [-0.2, -0.15) is 0 Å². The van der Waals surface area contributed by atoms with Crippen LogP contribution in [0.2, 0.25) is 0 Å². The zero-order valence-corrected chi connectivity index (χ0v) is 6.69. The second-order valence-electron chi connectivity index (χ2n) is 2.03. The van der Waals surface area contributed by atoms with Crippen LogP contribution in [-0.2, 0) is 4.79 Å². The number of carbonyl (C=O) groups is 1. The van der Waals surface area contributed by atoms with Gasteiger partial charge in [-0.1, -0.05) is 6.08 Å². The molecule has 0 saturated heterocycles. The molecular formula is C7H11ClO2. The Morgan fingerprint density at radius 1 is 1.70 bits per heavy atom. The van der Waals surface area contributed by atoms with Crippen LogP contribution in [0.4, 0.5) is 0 Å². The highest BCUT2D eigenvalue weighted by Crippen LogP contribution is 2.01. The van der Waals surface area contributed by atoms with Gasteiger partial charge in [-0.15, -0.1) is 0 Å². The first-order chi connectivity index (χ1) is 4.68. The Morgan fingerprint density at radius 2 is 2.30 bits per heavy atom. The molecule has 0 rings (SSSR count). The van der Waals surface area contributed by atoms with Crippen LogP contribution in [0.15, 0.2) is 11.6 Å². The number of halogens is 1. The Hall–Kier alpha value is -0.340. The number of hydrogen-bond donors (Lipinski definition) is 1. The van der Waals surface area contributed by atoms with E-state index in [0.29, 0.717) is 18.4 Å². The van der Waals surface area contributed by atoms with Gasteiger partial charge in [0, 0.05) is 12.2 Å². The minimum Gasteiger partial charge on any atom is -0.396 e. The van der Waals surface area contributed by atoms with E-state index >= 15 is 0 Å². The normalized spacial score (nSPS) is 11.7. The third-order valence-corrected chi connectivity index (χ3v) is 1.42. The highest BCUT2D eigenvalue weighted by molar-refractivity contribution is 6.67. The summed E-state index contributed by atoms with van der Waals surface area (Å²) >= 11 is 5.14. The minimum atomic E-state index is -0.419. The van der Waals surface area contributed by atoms with Gasteiger partial charge in [-0.05, 0) is 31.4 Å².